The predicted octanol–water partition coefficient (Wildman–Crippen LogP) is 2.94. The largest absolute Gasteiger partial charge is 0.316 e. The molecule has 4 heteroatoms. The van der Waals surface area contributed by atoms with Gasteiger partial charge in [-0.1, -0.05) is 23.4 Å². The topological polar surface area (TPSA) is 26.0 Å². The number of hydrogen-bond acceptors (Lipinski definition) is 3. The zero-order chi connectivity index (χ0) is 7.90. The Labute approximate surface area is 78.9 Å². The fourth-order valence-electron chi connectivity index (χ4n) is 0.778. The van der Waals surface area contributed by atoms with Crippen molar-refractivity contribution in [2.24, 2.45) is 5.73 Å². The van der Waals surface area contributed by atoms with Gasteiger partial charge < -0.3 is 5.73 Å². The third-order valence-electron chi connectivity index (χ3n) is 1.60. The van der Waals surface area contributed by atoms with E-state index in [9.17, 15) is 0 Å². The Bertz CT molecular complexity index is 267. The van der Waals surface area contributed by atoms with Crippen molar-refractivity contribution in [3.8, 4) is 0 Å². The van der Waals surface area contributed by atoms with Crippen molar-refractivity contribution in [2.75, 3.05) is 0 Å². The van der Waals surface area contributed by atoms with E-state index in [0.717, 1.165) is 17.2 Å². The minimum atomic E-state index is 0.0359. The minimum absolute atomic E-state index is 0.0359. The zero-order valence-electron chi connectivity index (χ0n) is 5.84. The first-order valence-corrected chi connectivity index (χ1v) is 5.42. The van der Waals surface area contributed by atoms with Gasteiger partial charge in [-0.3, -0.25) is 0 Å². The lowest BCUT2D eigenvalue weighted by molar-refractivity contribution is 0.984. The molecule has 60 valence electrons. The standard InChI is InChI=1S/C7H8ClNS2/c8-5-1-2-6(10-5)11-7(9)3-4-7/h1-2H,3-4,9H2. The smallest absolute Gasteiger partial charge is 0.0940 e. The van der Waals surface area contributed by atoms with E-state index in [2.05, 4.69) is 0 Å². The fourth-order valence-corrected chi connectivity index (χ4v) is 3.47. The molecule has 0 radical (unpaired) electrons. The summed E-state index contributed by atoms with van der Waals surface area (Å²) >= 11 is 9.12. The summed E-state index contributed by atoms with van der Waals surface area (Å²) in [5.41, 5.74) is 5.91. The van der Waals surface area contributed by atoms with Gasteiger partial charge >= 0.3 is 0 Å². The highest BCUT2D eigenvalue weighted by Gasteiger charge is 2.39. The van der Waals surface area contributed by atoms with Gasteiger partial charge in [0.25, 0.3) is 0 Å². The molecule has 0 atom stereocenters. The van der Waals surface area contributed by atoms with Crippen LogP contribution >= 0.6 is 34.7 Å². The molecule has 1 aromatic rings. The normalized spacial score (nSPS) is 20.2. The third-order valence-corrected chi connectivity index (χ3v) is 4.27. The molecule has 0 amide bonds. The molecule has 1 aliphatic rings. The van der Waals surface area contributed by atoms with Crippen LogP contribution in [-0.2, 0) is 0 Å². The van der Waals surface area contributed by atoms with Crippen LogP contribution in [-0.4, -0.2) is 4.87 Å². The van der Waals surface area contributed by atoms with Crippen molar-refractivity contribution in [3.63, 3.8) is 0 Å². The number of rotatable bonds is 2. The van der Waals surface area contributed by atoms with Crippen LogP contribution in [0.15, 0.2) is 16.3 Å². The number of hydrogen-bond donors (Lipinski definition) is 1. The Morgan fingerprint density at radius 3 is 2.73 bits per heavy atom. The van der Waals surface area contributed by atoms with Crippen molar-refractivity contribution < 1.29 is 0 Å². The van der Waals surface area contributed by atoms with Gasteiger partial charge in [-0.05, 0) is 25.0 Å². The summed E-state index contributed by atoms with van der Waals surface area (Å²) in [6.45, 7) is 0. The van der Waals surface area contributed by atoms with Gasteiger partial charge in [0.2, 0.25) is 0 Å². The highest BCUT2D eigenvalue weighted by atomic mass is 35.5. The fraction of sp³-hybridized carbons (Fsp3) is 0.429. The molecule has 0 spiro atoms. The Morgan fingerprint density at radius 2 is 2.27 bits per heavy atom. The van der Waals surface area contributed by atoms with E-state index in [4.69, 9.17) is 17.3 Å². The molecule has 1 heterocycles. The minimum Gasteiger partial charge on any atom is -0.316 e. The number of thiophene rings is 1. The molecule has 1 fully saturated rings. The maximum absolute atomic E-state index is 5.91. The molecule has 2 N–H and O–H groups in total. The summed E-state index contributed by atoms with van der Waals surface area (Å²) in [4.78, 5) is 0.0359. The second kappa shape index (κ2) is 2.66. The SMILES string of the molecule is NC1(Sc2ccc(Cl)s2)CC1. The molecule has 11 heavy (non-hydrogen) atoms. The highest BCUT2D eigenvalue weighted by molar-refractivity contribution is 8.02. The summed E-state index contributed by atoms with van der Waals surface area (Å²) in [7, 11) is 0. The summed E-state index contributed by atoms with van der Waals surface area (Å²) in [5.74, 6) is 0. The van der Waals surface area contributed by atoms with Gasteiger partial charge in [0.15, 0.2) is 0 Å². The molecule has 1 aliphatic carbocycles. The van der Waals surface area contributed by atoms with Gasteiger partial charge in [0, 0.05) is 0 Å². The first-order valence-electron chi connectivity index (χ1n) is 3.41. The first-order chi connectivity index (χ1) is 5.18. The van der Waals surface area contributed by atoms with Crippen LogP contribution in [0.1, 0.15) is 12.8 Å². The van der Waals surface area contributed by atoms with Crippen molar-refractivity contribution >= 4 is 34.7 Å². The first kappa shape index (κ1) is 7.92. The van der Waals surface area contributed by atoms with Crippen LogP contribution in [0.5, 0.6) is 0 Å². The Morgan fingerprint density at radius 1 is 1.55 bits per heavy atom. The molecule has 1 nitrogen and oxygen atoms in total. The lowest BCUT2D eigenvalue weighted by atomic mass is 10.7. The maximum Gasteiger partial charge on any atom is 0.0940 e. The van der Waals surface area contributed by atoms with Crippen molar-refractivity contribution in [1.29, 1.82) is 0 Å². The van der Waals surface area contributed by atoms with Crippen LogP contribution in [0.3, 0.4) is 0 Å². The number of halogens is 1. The van der Waals surface area contributed by atoms with E-state index in [-0.39, 0.29) is 4.87 Å². The summed E-state index contributed by atoms with van der Waals surface area (Å²) in [6, 6.07) is 3.95. The van der Waals surface area contributed by atoms with E-state index >= 15 is 0 Å². The molecule has 0 unspecified atom stereocenters. The van der Waals surface area contributed by atoms with Gasteiger partial charge in [0.1, 0.15) is 0 Å². The Balaban J connectivity index is 2.06. The van der Waals surface area contributed by atoms with Gasteiger partial charge in [0.05, 0.1) is 13.4 Å². The molecule has 0 saturated heterocycles. The van der Waals surface area contributed by atoms with E-state index in [1.807, 2.05) is 12.1 Å². The van der Waals surface area contributed by atoms with E-state index in [0.29, 0.717) is 0 Å². The van der Waals surface area contributed by atoms with E-state index in [1.165, 1.54) is 4.21 Å². The van der Waals surface area contributed by atoms with E-state index in [1.54, 1.807) is 23.1 Å². The Kier molecular flexibility index (Phi) is 1.92. The van der Waals surface area contributed by atoms with Crippen molar-refractivity contribution in [1.82, 2.24) is 0 Å². The van der Waals surface area contributed by atoms with Gasteiger partial charge in [-0.25, -0.2) is 0 Å². The van der Waals surface area contributed by atoms with Crippen LogP contribution in [0.25, 0.3) is 0 Å². The average Bonchev–Trinajstić information content (AvgIpc) is 2.49. The molecule has 2 rings (SSSR count). The van der Waals surface area contributed by atoms with Gasteiger partial charge in [-0.2, -0.15) is 0 Å². The van der Waals surface area contributed by atoms with Crippen LogP contribution < -0.4 is 5.73 Å². The van der Waals surface area contributed by atoms with Crippen LogP contribution in [0.2, 0.25) is 4.34 Å². The van der Waals surface area contributed by atoms with Crippen LogP contribution in [0.4, 0.5) is 0 Å². The molecule has 1 saturated carbocycles. The number of nitrogens with two attached hydrogens (primary N) is 1. The molecular formula is C7H8ClNS2. The lowest BCUT2D eigenvalue weighted by Gasteiger charge is -2.03. The highest BCUT2D eigenvalue weighted by Crippen LogP contribution is 2.49. The van der Waals surface area contributed by atoms with Crippen molar-refractivity contribution in [2.45, 2.75) is 21.9 Å². The van der Waals surface area contributed by atoms with Crippen molar-refractivity contribution in [3.05, 3.63) is 16.5 Å². The average molecular weight is 206 g/mol. The summed E-state index contributed by atoms with van der Waals surface area (Å²) < 4.78 is 2.08. The molecule has 0 aromatic carbocycles. The second-order valence-corrected chi connectivity index (χ2v) is 6.16. The predicted molar refractivity (Wildman–Crippen MR) is 51.3 cm³/mol. The maximum atomic E-state index is 5.91. The second-order valence-electron chi connectivity index (χ2n) is 2.73. The molecule has 0 aliphatic heterocycles. The lowest BCUT2D eigenvalue weighted by Crippen LogP contribution is -2.15. The van der Waals surface area contributed by atoms with E-state index < -0.39 is 0 Å². The summed E-state index contributed by atoms with van der Waals surface area (Å²) in [6.07, 6.45) is 2.26. The quantitative estimate of drug-likeness (QED) is 0.752. The molecular weight excluding hydrogens is 198 g/mol. The monoisotopic (exact) mass is 205 g/mol. The third kappa shape index (κ3) is 1.90. The molecule has 0 bridgehead atoms. The number of thioether (sulfide) groups is 1. The zero-order valence-corrected chi connectivity index (χ0v) is 8.23. The summed E-state index contributed by atoms with van der Waals surface area (Å²) in [5, 5.41) is 0. The van der Waals surface area contributed by atoms with Crippen LogP contribution in [0, 0.1) is 0 Å². The van der Waals surface area contributed by atoms with Gasteiger partial charge in [-0.15, -0.1) is 11.3 Å². The molecule has 1 aromatic heterocycles. The Hall–Kier alpha value is 0.300.